The van der Waals surface area contributed by atoms with Crippen molar-refractivity contribution in [1.82, 2.24) is 10.2 Å². The molecule has 4 nitrogen and oxygen atoms in total. The van der Waals surface area contributed by atoms with E-state index in [0.29, 0.717) is 0 Å². The predicted octanol–water partition coefficient (Wildman–Crippen LogP) is 3.21. The highest BCUT2D eigenvalue weighted by atomic mass is 16.1. The van der Waals surface area contributed by atoms with Crippen LogP contribution < -0.4 is 5.32 Å². The first-order chi connectivity index (χ1) is 9.33. The molecule has 19 heavy (non-hydrogen) atoms. The lowest BCUT2D eigenvalue weighted by molar-refractivity contribution is -0.119. The van der Waals surface area contributed by atoms with E-state index in [9.17, 15) is 4.79 Å². The summed E-state index contributed by atoms with van der Waals surface area (Å²) in [7, 11) is 0. The minimum atomic E-state index is 0.159. The van der Waals surface area contributed by atoms with Crippen molar-refractivity contribution in [2.24, 2.45) is 5.92 Å². The number of aromatic amines is 1. The van der Waals surface area contributed by atoms with Crippen molar-refractivity contribution < 1.29 is 4.79 Å². The summed E-state index contributed by atoms with van der Waals surface area (Å²) in [6.07, 6.45) is 6.13. The van der Waals surface area contributed by atoms with Crippen LogP contribution in [0.4, 0.5) is 5.69 Å². The molecule has 4 heteroatoms. The molecule has 0 spiro atoms. The fourth-order valence-electron chi connectivity index (χ4n) is 2.58. The summed E-state index contributed by atoms with van der Waals surface area (Å²) in [5.74, 6) is 0.360. The maximum absolute atomic E-state index is 12.0. The van der Waals surface area contributed by atoms with Gasteiger partial charge in [-0.25, -0.2) is 0 Å². The van der Waals surface area contributed by atoms with Gasteiger partial charge in [0.05, 0.1) is 5.69 Å². The van der Waals surface area contributed by atoms with Crippen LogP contribution in [0, 0.1) is 5.92 Å². The highest BCUT2D eigenvalue weighted by Crippen LogP contribution is 2.26. The Labute approximate surface area is 112 Å². The molecule has 1 amide bonds. The molecule has 0 atom stereocenters. The number of nitrogens with zero attached hydrogens (tertiary/aromatic N) is 1. The molecule has 2 aromatic rings. The number of hydrogen-bond acceptors (Lipinski definition) is 2. The quantitative estimate of drug-likeness (QED) is 0.884. The molecular formula is C15H17N3O. The van der Waals surface area contributed by atoms with Gasteiger partial charge < -0.3 is 5.32 Å². The Kier molecular flexibility index (Phi) is 3.31. The summed E-state index contributed by atoms with van der Waals surface area (Å²) in [5, 5.41) is 9.84. The zero-order valence-corrected chi connectivity index (χ0v) is 10.7. The lowest BCUT2D eigenvalue weighted by Gasteiger charge is -2.10. The number of nitrogens with one attached hydrogen (secondary N) is 2. The monoisotopic (exact) mass is 255 g/mol. The molecule has 0 aliphatic heterocycles. The summed E-state index contributed by atoms with van der Waals surface area (Å²) in [5.41, 5.74) is 2.91. The van der Waals surface area contributed by atoms with Crippen LogP contribution in [0.1, 0.15) is 25.7 Å². The molecule has 98 valence electrons. The number of carbonyl (C=O) groups excluding carboxylic acids is 1. The Bertz CT molecular complexity index is 539. The zero-order chi connectivity index (χ0) is 13.1. The van der Waals surface area contributed by atoms with Crippen molar-refractivity contribution in [1.29, 1.82) is 0 Å². The summed E-state index contributed by atoms with van der Waals surface area (Å²) in [4.78, 5) is 12.0. The maximum atomic E-state index is 12.0. The van der Waals surface area contributed by atoms with Crippen LogP contribution in [0.5, 0.6) is 0 Å². The standard InChI is InChI=1S/C15H17N3O/c19-15(12-3-1-2-4-12)17-13-7-5-11(6-8-13)14-9-10-16-18-14/h5-10,12H,1-4H2,(H,16,18)(H,17,19). The highest BCUT2D eigenvalue weighted by Gasteiger charge is 2.22. The van der Waals surface area contributed by atoms with Crippen LogP contribution in [-0.2, 0) is 4.79 Å². The van der Waals surface area contributed by atoms with Gasteiger partial charge in [0.25, 0.3) is 0 Å². The smallest absolute Gasteiger partial charge is 0.227 e. The summed E-state index contributed by atoms with van der Waals surface area (Å²) >= 11 is 0. The van der Waals surface area contributed by atoms with E-state index in [1.165, 1.54) is 12.8 Å². The highest BCUT2D eigenvalue weighted by molar-refractivity contribution is 5.92. The molecule has 0 radical (unpaired) electrons. The Balaban J connectivity index is 1.67. The van der Waals surface area contributed by atoms with E-state index >= 15 is 0 Å². The third-order valence-corrected chi connectivity index (χ3v) is 3.69. The number of hydrogen-bond donors (Lipinski definition) is 2. The number of anilines is 1. The lowest BCUT2D eigenvalue weighted by Crippen LogP contribution is -2.20. The third-order valence-electron chi connectivity index (χ3n) is 3.69. The molecule has 1 saturated carbocycles. The zero-order valence-electron chi connectivity index (χ0n) is 10.7. The van der Waals surface area contributed by atoms with Crippen molar-refractivity contribution in [3.8, 4) is 11.3 Å². The van der Waals surface area contributed by atoms with Gasteiger partial charge in [0.1, 0.15) is 0 Å². The average molecular weight is 255 g/mol. The number of amides is 1. The topological polar surface area (TPSA) is 57.8 Å². The fourth-order valence-corrected chi connectivity index (χ4v) is 2.58. The van der Waals surface area contributed by atoms with Gasteiger partial charge in [-0.3, -0.25) is 9.89 Å². The van der Waals surface area contributed by atoms with E-state index in [4.69, 9.17) is 0 Å². The Hall–Kier alpha value is -2.10. The molecule has 1 aromatic carbocycles. The van der Waals surface area contributed by atoms with Gasteiger partial charge in [-0.05, 0) is 36.6 Å². The van der Waals surface area contributed by atoms with Crippen molar-refractivity contribution in [2.75, 3.05) is 5.32 Å². The van der Waals surface area contributed by atoms with Gasteiger partial charge >= 0.3 is 0 Å². The Morgan fingerprint density at radius 1 is 1.16 bits per heavy atom. The molecule has 0 saturated heterocycles. The van der Waals surface area contributed by atoms with Crippen molar-refractivity contribution in [3.05, 3.63) is 36.5 Å². The molecule has 3 rings (SSSR count). The number of rotatable bonds is 3. The molecule has 1 aromatic heterocycles. The molecule has 1 aliphatic carbocycles. The first kappa shape index (κ1) is 12.0. The van der Waals surface area contributed by atoms with Crippen molar-refractivity contribution in [3.63, 3.8) is 0 Å². The van der Waals surface area contributed by atoms with Crippen molar-refractivity contribution in [2.45, 2.75) is 25.7 Å². The first-order valence-corrected chi connectivity index (χ1v) is 6.73. The molecule has 2 N–H and O–H groups in total. The number of benzene rings is 1. The number of carbonyl (C=O) groups is 1. The molecule has 0 unspecified atom stereocenters. The van der Waals surface area contributed by atoms with Gasteiger partial charge in [0, 0.05) is 17.8 Å². The second-order valence-electron chi connectivity index (χ2n) is 5.02. The van der Waals surface area contributed by atoms with Gasteiger partial charge in [0.15, 0.2) is 0 Å². The number of aromatic nitrogens is 2. The summed E-state index contributed by atoms with van der Waals surface area (Å²) in [6.45, 7) is 0. The summed E-state index contributed by atoms with van der Waals surface area (Å²) in [6, 6.07) is 9.76. The van der Waals surface area contributed by atoms with Gasteiger partial charge in [0.2, 0.25) is 5.91 Å². The van der Waals surface area contributed by atoms with Crippen LogP contribution in [0.25, 0.3) is 11.3 Å². The van der Waals surface area contributed by atoms with E-state index < -0.39 is 0 Å². The minimum Gasteiger partial charge on any atom is -0.326 e. The Morgan fingerprint density at radius 3 is 2.53 bits per heavy atom. The van der Waals surface area contributed by atoms with E-state index in [0.717, 1.165) is 29.8 Å². The lowest BCUT2D eigenvalue weighted by atomic mass is 10.1. The fraction of sp³-hybridized carbons (Fsp3) is 0.333. The molecule has 0 bridgehead atoms. The van der Waals surface area contributed by atoms with E-state index in [-0.39, 0.29) is 11.8 Å². The van der Waals surface area contributed by atoms with Crippen LogP contribution in [0.3, 0.4) is 0 Å². The third kappa shape index (κ3) is 2.67. The molecule has 1 heterocycles. The Morgan fingerprint density at radius 2 is 1.89 bits per heavy atom. The molecular weight excluding hydrogens is 238 g/mol. The van der Waals surface area contributed by atoms with Gasteiger partial charge in [-0.15, -0.1) is 0 Å². The second kappa shape index (κ2) is 5.26. The summed E-state index contributed by atoms with van der Waals surface area (Å²) < 4.78 is 0. The van der Waals surface area contributed by atoms with Crippen LogP contribution in [0.15, 0.2) is 36.5 Å². The van der Waals surface area contributed by atoms with E-state index in [2.05, 4.69) is 15.5 Å². The number of H-pyrrole nitrogens is 1. The normalized spacial score (nSPS) is 15.6. The first-order valence-electron chi connectivity index (χ1n) is 6.73. The van der Waals surface area contributed by atoms with Gasteiger partial charge in [-0.2, -0.15) is 5.10 Å². The van der Waals surface area contributed by atoms with Crippen LogP contribution in [-0.4, -0.2) is 16.1 Å². The minimum absolute atomic E-state index is 0.159. The van der Waals surface area contributed by atoms with Gasteiger partial charge in [-0.1, -0.05) is 25.0 Å². The SMILES string of the molecule is O=C(Nc1ccc(-c2ccn[nH]2)cc1)C1CCCC1. The molecule has 1 fully saturated rings. The van der Waals surface area contributed by atoms with E-state index in [1.807, 2.05) is 30.3 Å². The maximum Gasteiger partial charge on any atom is 0.227 e. The van der Waals surface area contributed by atoms with Crippen molar-refractivity contribution >= 4 is 11.6 Å². The van der Waals surface area contributed by atoms with Crippen LogP contribution >= 0.6 is 0 Å². The predicted molar refractivity (Wildman–Crippen MR) is 74.6 cm³/mol. The van der Waals surface area contributed by atoms with E-state index in [1.54, 1.807) is 6.20 Å². The average Bonchev–Trinajstić information content (AvgIpc) is 3.13. The largest absolute Gasteiger partial charge is 0.326 e. The van der Waals surface area contributed by atoms with Crippen LogP contribution in [0.2, 0.25) is 0 Å². The molecule has 1 aliphatic rings. The second-order valence-corrected chi connectivity index (χ2v) is 5.02.